The molecule has 0 spiro atoms. The first-order chi connectivity index (χ1) is 13.3. The topological polar surface area (TPSA) is 84.5 Å². The maximum Gasteiger partial charge on any atom is 0.338 e. The molecule has 28 heavy (non-hydrogen) atoms. The zero-order chi connectivity index (χ0) is 20.7. The third-order valence-corrected chi connectivity index (χ3v) is 4.34. The number of hydrogen-bond acceptors (Lipinski definition) is 4. The van der Waals surface area contributed by atoms with Crippen molar-refractivity contribution in [1.29, 1.82) is 0 Å². The van der Waals surface area contributed by atoms with E-state index in [9.17, 15) is 14.4 Å². The van der Waals surface area contributed by atoms with Crippen LogP contribution in [-0.4, -0.2) is 30.9 Å². The number of rotatable bonds is 7. The van der Waals surface area contributed by atoms with Crippen LogP contribution in [0.15, 0.2) is 42.5 Å². The van der Waals surface area contributed by atoms with E-state index in [0.29, 0.717) is 11.5 Å². The summed E-state index contributed by atoms with van der Waals surface area (Å²) in [4.78, 5) is 35.9. The molecule has 0 bridgehead atoms. The van der Waals surface area contributed by atoms with Crippen LogP contribution in [0.3, 0.4) is 0 Å². The van der Waals surface area contributed by atoms with Gasteiger partial charge in [0.1, 0.15) is 0 Å². The molecule has 6 heteroatoms. The lowest BCUT2D eigenvalue weighted by Gasteiger charge is -2.12. The maximum atomic E-state index is 12.0. The molecule has 0 aliphatic heterocycles. The highest BCUT2D eigenvalue weighted by atomic mass is 16.5. The second kappa shape index (κ2) is 9.69. The van der Waals surface area contributed by atoms with Gasteiger partial charge in [0, 0.05) is 5.69 Å². The highest BCUT2D eigenvalue weighted by Crippen LogP contribution is 2.19. The van der Waals surface area contributed by atoms with Crippen LogP contribution in [0.25, 0.3) is 0 Å². The fraction of sp³-hybridized carbons (Fsp3) is 0.318. The van der Waals surface area contributed by atoms with Crippen molar-refractivity contribution in [2.75, 3.05) is 18.5 Å². The molecule has 0 aromatic heterocycles. The molecule has 2 aromatic carbocycles. The standard InChI is InChI=1S/C22H26N2O4/c1-14(2)17-8-10-18(11-9-17)22(27)28-13-20(26)23-12-19(25)24-21-15(3)6-5-7-16(21)4/h5-11,14H,12-13H2,1-4H3,(H,23,26)(H,24,25). The SMILES string of the molecule is Cc1cccc(C)c1NC(=O)CNC(=O)COC(=O)c1ccc(C(C)C)cc1. The minimum Gasteiger partial charge on any atom is -0.452 e. The molecule has 0 aliphatic rings. The predicted molar refractivity (Wildman–Crippen MR) is 108 cm³/mol. The van der Waals surface area contributed by atoms with Crippen molar-refractivity contribution in [3.8, 4) is 0 Å². The Morgan fingerprint density at radius 2 is 1.54 bits per heavy atom. The van der Waals surface area contributed by atoms with Gasteiger partial charge in [-0.15, -0.1) is 0 Å². The summed E-state index contributed by atoms with van der Waals surface area (Å²) in [5.41, 5.74) is 4.11. The number of nitrogens with one attached hydrogen (secondary N) is 2. The average Bonchev–Trinajstić information content (AvgIpc) is 2.67. The number of aryl methyl sites for hydroxylation is 2. The molecule has 6 nitrogen and oxygen atoms in total. The number of carbonyl (C=O) groups is 3. The van der Waals surface area contributed by atoms with Crippen molar-refractivity contribution in [3.05, 3.63) is 64.7 Å². The van der Waals surface area contributed by atoms with E-state index in [1.807, 2.05) is 44.2 Å². The quantitative estimate of drug-likeness (QED) is 0.720. The summed E-state index contributed by atoms with van der Waals surface area (Å²) in [6.45, 7) is 7.28. The smallest absolute Gasteiger partial charge is 0.338 e. The van der Waals surface area contributed by atoms with Crippen molar-refractivity contribution in [1.82, 2.24) is 5.32 Å². The molecule has 148 valence electrons. The van der Waals surface area contributed by atoms with Crippen LogP contribution in [-0.2, 0) is 14.3 Å². The van der Waals surface area contributed by atoms with E-state index in [2.05, 4.69) is 24.5 Å². The summed E-state index contributed by atoms with van der Waals surface area (Å²) in [5, 5.41) is 5.22. The van der Waals surface area contributed by atoms with Gasteiger partial charge in [-0.1, -0.05) is 44.2 Å². The number of carbonyl (C=O) groups excluding carboxylic acids is 3. The third-order valence-electron chi connectivity index (χ3n) is 4.34. The minimum absolute atomic E-state index is 0.201. The van der Waals surface area contributed by atoms with Crippen LogP contribution in [0.5, 0.6) is 0 Å². The second-order valence-electron chi connectivity index (χ2n) is 6.94. The number of para-hydroxylation sites is 1. The van der Waals surface area contributed by atoms with Gasteiger partial charge in [0.15, 0.2) is 6.61 Å². The Kier molecular flexibility index (Phi) is 7.32. The highest BCUT2D eigenvalue weighted by molar-refractivity contribution is 5.96. The maximum absolute atomic E-state index is 12.0. The van der Waals surface area contributed by atoms with Gasteiger partial charge in [0.2, 0.25) is 5.91 Å². The molecule has 0 radical (unpaired) electrons. The van der Waals surface area contributed by atoms with E-state index < -0.39 is 18.5 Å². The van der Waals surface area contributed by atoms with Gasteiger partial charge in [0.25, 0.3) is 5.91 Å². The molecule has 0 aliphatic carbocycles. The molecule has 2 N–H and O–H groups in total. The lowest BCUT2D eigenvalue weighted by Crippen LogP contribution is -2.35. The predicted octanol–water partition coefficient (Wildman–Crippen LogP) is 3.34. The van der Waals surface area contributed by atoms with E-state index in [1.165, 1.54) is 0 Å². The first kappa shape index (κ1) is 21.2. The zero-order valence-corrected chi connectivity index (χ0v) is 16.7. The Morgan fingerprint density at radius 3 is 2.11 bits per heavy atom. The van der Waals surface area contributed by atoms with Gasteiger partial charge in [-0.25, -0.2) is 4.79 Å². The molecule has 0 heterocycles. The van der Waals surface area contributed by atoms with E-state index in [0.717, 1.165) is 22.4 Å². The van der Waals surface area contributed by atoms with E-state index >= 15 is 0 Å². The van der Waals surface area contributed by atoms with Crippen LogP contribution < -0.4 is 10.6 Å². The van der Waals surface area contributed by atoms with Gasteiger partial charge in [-0.05, 0) is 48.6 Å². The van der Waals surface area contributed by atoms with Crippen LogP contribution >= 0.6 is 0 Å². The molecule has 0 atom stereocenters. The van der Waals surface area contributed by atoms with Gasteiger partial charge in [-0.2, -0.15) is 0 Å². The highest BCUT2D eigenvalue weighted by Gasteiger charge is 2.12. The first-order valence-corrected chi connectivity index (χ1v) is 9.17. The summed E-state index contributed by atoms with van der Waals surface area (Å²) < 4.78 is 5.00. The lowest BCUT2D eigenvalue weighted by molar-refractivity contribution is -0.126. The van der Waals surface area contributed by atoms with Gasteiger partial charge < -0.3 is 15.4 Å². The Hall–Kier alpha value is -3.15. The van der Waals surface area contributed by atoms with Crippen LogP contribution in [0.1, 0.15) is 46.8 Å². The van der Waals surface area contributed by atoms with E-state index in [4.69, 9.17) is 4.74 Å². The van der Waals surface area contributed by atoms with Crippen molar-refractivity contribution in [2.24, 2.45) is 0 Å². The van der Waals surface area contributed by atoms with Crippen LogP contribution in [0.4, 0.5) is 5.69 Å². The van der Waals surface area contributed by atoms with Gasteiger partial charge in [0.05, 0.1) is 12.1 Å². The fourth-order valence-corrected chi connectivity index (χ4v) is 2.64. The Bertz CT molecular complexity index is 837. The summed E-state index contributed by atoms with van der Waals surface area (Å²) in [6.07, 6.45) is 0. The average molecular weight is 382 g/mol. The zero-order valence-electron chi connectivity index (χ0n) is 16.7. The number of hydrogen-bond donors (Lipinski definition) is 2. The second-order valence-corrected chi connectivity index (χ2v) is 6.94. The summed E-state index contributed by atoms with van der Waals surface area (Å²) in [6, 6.07) is 12.8. The summed E-state index contributed by atoms with van der Waals surface area (Å²) in [7, 11) is 0. The lowest BCUT2D eigenvalue weighted by atomic mass is 10.0. The molecule has 0 unspecified atom stereocenters. The summed E-state index contributed by atoms with van der Waals surface area (Å²) >= 11 is 0. The number of anilines is 1. The minimum atomic E-state index is -0.578. The molecular formula is C22H26N2O4. The van der Waals surface area contributed by atoms with Gasteiger partial charge in [-0.3, -0.25) is 9.59 Å². The molecule has 0 saturated carbocycles. The molecular weight excluding hydrogens is 356 g/mol. The van der Waals surface area contributed by atoms with Crippen LogP contribution in [0, 0.1) is 13.8 Å². The third kappa shape index (κ3) is 5.94. The molecule has 2 aromatic rings. The van der Waals surface area contributed by atoms with Gasteiger partial charge >= 0.3 is 5.97 Å². The Balaban J connectivity index is 1.77. The molecule has 0 fully saturated rings. The van der Waals surface area contributed by atoms with E-state index in [-0.39, 0.29) is 12.5 Å². The molecule has 0 saturated heterocycles. The monoisotopic (exact) mass is 382 g/mol. The molecule has 2 rings (SSSR count). The Labute approximate surface area is 165 Å². The molecule has 2 amide bonds. The first-order valence-electron chi connectivity index (χ1n) is 9.17. The van der Waals surface area contributed by atoms with Crippen molar-refractivity contribution in [2.45, 2.75) is 33.6 Å². The number of esters is 1. The number of ether oxygens (including phenoxy) is 1. The van der Waals surface area contributed by atoms with Crippen molar-refractivity contribution < 1.29 is 19.1 Å². The van der Waals surface area contributed by atoms with E-state index in [1.54, 1.807) is 12.1 Å². The normalized spacial score (nSPS) is 10.5. The summed E-state index contributed by atoms with van der Waals surface area (Å²) in [5.74, 6) is -1.10. The number of amides is 2. The van der Waals surface area contributed by atoms with Crippen LogP contribution in [0.2, 0.25) is 0 Å². The Morgan fingerprint density at radius 1 is 0.929 bits per heavy atom. The van der Waals surface area contributed by atoms with Crippen molar-refractivity contribution in [3.63, 3.8) is 0 Å². The van der Waals surface area contributed by atoms with Crippen molar-refractivity contribution >= 4 is 23.5 Å². The largest absolute Gasteiger partial charge is 0.452 e. The number of benzene rings is 2. The fourth-order valence-electron chi connectivity index (χ4n) is 2.64.